The predicted molar refractivity (Wildman–Crippen MR) is 157 cm³/mol. The van der Waals surface area contributed by atoms with Crippen molar-refractivity contribution in [2.75, 3.05) is 48.4 Å². The lowest BCUT2D eigenvalue weighted by Gasteiger charge is -2.35. The Labute approximate surface area is 232 Å². The van der Waals surface area contributed by atoms with Gasteiger partial charge in [-0.3, -0.25) is 14.8 Å². The average molecular weight is 532 g/mol. The summed E-state index contributed by atoms with van der Waals surface area (Å²) in [5, 5.41) is 2.98. The molecule has 0 unspecified atom stereocenters. The fourth-order valence-corrected chi connectivity index (χ4v) is 4.83. The summed E-state index contributed by atoms with van der Waals surface area (Å²) in [6.45, 7) is 3.37. The monoisotopic (exact) mass is 531 g/mol. The minimum Gasteiger partial charge on any atom is -0.497 e. The summed E-state index contributed by atoms with van der Waals surface area (Å²) in [5.41, 5.74) is 5.48. The number of aromatic nitrogens is 4. The van der Waals surface area contributed by atoms with Gasteiger partial charge in [0, 0.05) is 44.3 Å². The van der Waals surface area contributed by atoms with Gasteiger partial charge in [0.1, 0.15) is 17.4 Å². The van der Waals surface area contributed by atoms with Gasteiger partial charge in [-0.1, -0.05) is 30.3 Å². The van der Waals surface area contributed by atoms with Crippen LogP contribution in [-0.2, 0) is 11.2 Å². The number of methoxy groups -OCH3 is 1. The molecular formula is C31H29N7O2. The van der Waals surface area contributed by atoms with Crippen LogP contribution in [0.2, 0.25) is 0 Å². The fourth-order valence-electron chi connectivity index (χ4n) is 4.83. The van der Waals surface area contributed by atoms with Crippen molar-refractivity contribution in [1.29, 1.82) is 0 Å². The number of carbonyl (C=O) groups excluding carboxylic acids is 1. The van der Waals surface area contributed by atoms with E-state index in [-0.39, 0.29) is 5.91 Å². The van der Waals surface area contributed by atoms with E-state index in [0.29, 0.717) is 6.42 Å². The van der Waals surface area contributed by atoms with Crippen molar-refractivity contribution < 1.29 is 9.53 Å². The first-order chi connectivity index (χ1) is 19.6. The number of nitrogens with zero attached hydrogens (tertiary/aromatic N) is 6. The fraction of sp³-hybridized carbons (Fsp3) is 0.194. The molecule has 0 saturated carbocycles. The minimum absolute atomic E-state index is 0.0658. The highest BCUT2D eigenvalue weighted by molar-refractivity contribution is 5.92. The number of carbonyl (C=O) groups is 1. The highest BCUT2D eigenvalue weighted by Crippen LogP contribution is 2.26. The summed E-state index contributed by atoms with van der Waals surface area (Å²) in [4.78, 5) is 35.2. The van der Waals surface area contributed by atoms with Crippen molar-refractivity contribution in [3.05, 3.63) is 97.1 Å². The number of anilines is 3. The Balaban J connectivity index is 1.11. The van der Waals surface area contributed by atoms with Gasteiger partial charge < -0.3 is 19.9 Å². The zero-order chi connectivity index (χ0) is 27.3. The van der Waals surface area contributed by atoms with Crippen LogP contribution >= 0.6 is 0 Å². The van der Waals surface area contributed by atoms with Crippen LogP contribution in [0.1, 0.15) is 5.56 Å². The average Bonchev–Trinajstić information content (AvgIpc) is 3.02. The van der Waals surface area contributed by atoms with Crippen LogP contribution < -0.4 is 19.9 Å². The summed E-state index contributed by atoms with van der Waals surface area (Å²) in [7, 11) is 1.62. The third-order valence-corrected chi connectivity index (χ3v) is 7.03. The molecule has 200 valence electrons. The largest absolute Gasteiger partial charge is 0.497 e. The summed E-state index contributed by atoms with van der Waals surface area (Å²) in [6, 6.07) is 21.5. The summed E-state index contributed by atoms with van der Waals surface area (Å²) < 4.78 is 5.18. The van der Waals surface area contributed by atoms with Crippen molar-refractivity contribution in [1.82, 2.24) is 19.9 Å². The number of benzene rings is 3. The molecule has 9 nitrogen and oxygen atoms in total. The molecule has 1 aliphatic rings. The summed E-state index contributed by atoms with van der Waals surface area (Å²) in [5.74, 6) is 2.48. The number of piperazine rings is 1. The number of fused-ring (bicyclic) bond motifs is 1. The van der Waals surface area contributed by atoms with Crippen LogP contribution in [0.5, 0.6) is 5.75 Å². The van der Waals surface area contributed by atoms with Gasteiger partial charge in [0.05, 0.1) is 37.0 Å². The summed E-state index contributed by atoms with van der Waals surface area (Å²) in [6.07, 6.45) is 7.37. The second-order valence-corrected chi connectivity index (χ2v) is 9.62. The van der Waals surface area contributed by atoms with Crippen LogP contribution in [0.4, 0.5) is 17.3 Å². The number of hydrogen-bond donors (Lipinski definition) is 1. The van der Waals surface area contributed by atoms with Gasteiger partial charge in [-0.05, 0) is 53.1 Å². The smallest absolute Gasteiger partial charge is 0.228 e. The third-order valence-electron chi connectivity index (χ3n) is 7.03. The second-order valence-electron chi connectivity index (χ2n) is 9.62. The predicted octanol–water partition coefficient (Wildman–Crippen LogP) is 4.60. The van der Waals surface area contributed by atoms with E-state index in [9.17, 15) is 4.79 Å². The first-order valence-electron chi connectivity index (χ1n) is 13.2. The molecule has 1 fully saturated rings. The normalized spacial score (nSPS) is 13.3. The number of rotatable bonds is 7. The molecular weight excluding hydrogens is 502 g/mol. The van der Waals surface area contributed by atoms with Crippen LogP contribution in [0.25, 0.3) is 22.2 Å². The molecule has 9 heteroatoms. The molecule has 0 atom stereocenters. The van der Waals surface area contributed by atoms with E-state index >= 15 is 0 Å². The molecule has 1 saturated heterocycles. The molecule has 1 amide bonds. The SMILES string of the molecule is COc1ccc(CC(=O)Nc2ccc(-c3ccc4ncc(N5CCN(c6cnccn6)CC5)nc4c3)cc2)cc1. The molecule has 40 heavy (non-hydrogen) atoms. The zero-order valence-electron chi connectivity index (χ0n) is 22.2. The van der Waals surface area contributed by atoms with Gasteiger partial charge in [0.15, 0.2) is 0 Å². The number of hydrogen-bond acceptors (Lipinski definition) is 8. The van der Waals surface area contributed by atoms with Crippen molar-refractivity contribution in [2.24, 2.45) is 0 Å². The Bertz CT molecular complexity index is 1600. The van der Waals surface area contributed by atoms with Gasteiger partial charge >= 0.3 is 0 Å². The van der Waals surface area contributed by atoms with Crippen LogP contribution in [0.15, 0.2) is 91.5 Å². The van der Waals surface area contributed by atoms with E-state index < -0.39 is 0 Å². The highest BCUT2D eigenvalue weighted by Gasteiger charge is 2.20. The van der Waals surface area contributed by atoms with E-state index in [0.717, 1.165) is 77.0 Å². The molecule has 5 aromatic rings. The molecule has 0 spiro atoms. The van der Waals surface area contributed by atoms with Crippen LogP contribution in [0, 0.1) is 0 Å². The van der Waals surface area contributed by atoms with E-state index in [1.807, 2.05) is 66.9 Å². The standard InChI is InChI=1S/C31H29N7O2/c1-40-26-9-2-22(3-10-26)18-31(39)35-25-7-4-23(5-8-25)24-6-11-27-28(19-24)36-30(21-34-27)38-16-14-37(15-17-38)29-20-32-12-13-33-29/h2-13,19-21H,14-18H2,1H3,(H,35,39). The van der Waals surface area contributed by atoms with E-state index in [1.165, 1.54) is 0 Å². The lowest BCUT2D eigenvalue weighted by atomic mass is 10.0. The molecule has 3 aromatic carbocycles. The second kappa shape index (κ2) is 11.4. The number of amides is 1. The quantitative estimate of drug-likeness (QED) is 0.326. The van der Waals surface area contributed by atoms with Gasteiger partial charge in [-0.25, -0.2) is 9.97 Å². The zero-order valence-corrected chi connectivity index (χ0v) is 22.2. The maximum atomic E-state index is 12.5. The van der Waals surface area contributed by atoms with Crippen molar-refractivity contribution in [3.63, 3.8) is 0 Å². The Morgan fingerprint density at radius 1 is 0.800 bits per heavy atom. The van der Waals surface area contributed by atoms with Crippen molar-refractivity contribution in [2.45, 2.75) is 6.42 Å². The molecule has 2 aromatic heterocycles. The van der Waals surface area contributed by atoms with E-state index in [4.69, 9.17) is 9.72 Å². The first-order valence-corrected chi connectivity index (χ1v) is 13.2. The maximum absolute atomic E-state index is 12.5. The molecule has 6 rings (SSSR count). The van der Waals surface area contributed by atoms with Crippen molar-refractivity contribution in [3.8, 4) is 16.9 Å². The Morgan fingerprint density at radius 3 is 2.23 bits per heavy atom. The Morgan fingerprint density at radius 2 is 1.52 bits per heavy atom. The highest BCUT2D eigenvalue weighted by atomic mass is 16.5. The van der Waals surface area contributed by atoms with Gasteiger partial charge in [0.25, 0.3) is 0 Å². The molecule has 1 N–H and O–H groups in total. The minimum atomic E-state index is -0.0658. The Hall–Kier alpha value is -5.05. The van der Waals surface area contributed by atoms with Gasteiger partial charge in [-0.15, -0.1) is 0 Å². The number of nitrogens with one attached hydrogen (secondary N) is 1. The van der Waals surface area contributed by atoms with E-state index in [2.05, 4.69) is 36.1 Å². The molecule has 0 bridgehead atoms. The topological polar surface area (TPSA) is 96.4 Å². The molecule has 0 aliphatic carbocycles. The van der Waals surface area contributed by atoms with Crippen molar-refractivity contribution >= 4 is 34.3 Å². The lowest BCUT2D eigenvalue weighted by Crippen LogP contribution is -2.47. The van der Waals surface area contributed by atoms with Crippen LogP contribution in [-0.4, -0.2) is 59.1 Å². The number of ether oxygens (including phenoxy) is 1. The molecule has 1 aliphatic heterocycles. The summed E-state index contributed by atoms with van der Waals surface area (Å²) >= 11 is 0. The Kier molecular flexibility index (Phi) is 7.17. The van der Waals surface area contributed by atoms with Crippen LogP contribution in [0.3, 0.4) is 0 Å². The van der Waals surface area contributed by atoms with E-state index in [1.54, 1.807) is 25.7 Å². The maximum Gasteiger partial charge on any atom is 0.228 e. The van der Waals surface area contributed by atoms with Gasteiger partial charge in [0.2, 0.25) is 5.91 Å². The van der Waals surface area contributed by atoms with Gasteiger partial charge in [-0.2, -0.15) is 0 Å². The molecule has 0 radical (unpaired) electrons. The molecule has 3 heterocycles. The third kappa shape index (κ3) is 5.68. The first kappa shape index (κ1) is 25.2. The lowest BCUT2D eigenvalue weighted by molar-refractivity contribution is -0.115.